The van der Waals surface area contributed by atoms with Gasteiger partial charge in [0.2, 0.25) is 0 Å². The molecule has 0 aromatic heterocycles. The number of para-hydroxylation sites is 1. The Morgan fingerprint density at radius 2 is 2.13 bits per heavy atom. The van der Waals surface area contributed by atoms with Gasteiger partial charge in [-0.25, -0.2) is 0 Å². The molecule has 0 aliphatic carbocycles. The molecule has 3 heteroatoms. The first kappa shape index (κ1) is 11.6. The first-order valence-electron chi connectivity index (χ1n) is 5.15. The maximum atomic E-state index is 10.6. The minimum atomic E-state index is -0.450. The summed E-state index contributed by atoms with van der Waals surface area (Å²) in [5, 5.41) is 0. The smallest absolute Gasteiger partial charge is 0.255 e. The summed E-state index contributed by atoms with van der Waals surface area (Å²) in [5.41, 5.74) is 6.16. The van der Waals surface area contributed by atoms with Crippen molar-refractivity contribution < 1.29 is 9.53 Å². The number of carbonyl (C=O) groups is 1. The molecule has 0 aliphatic rings. The molecule has 1 amide bonds. The van der Waals surface area contributed by atoms with Gasteiger partial charge in [-0.15, -0.1) is 0 Å². The Balaban J connectivity index is 2.81. The molecule has 0 heterocycles. The number of benzene rings is 1. The fraction of sp³-hybridized carbons (Fsp3) is 0.417. The van der Waals surface area contributed by atoms with Gasteiger partial charge in [-0.1, -0.05) is 32.0 Å². The van der Waals surface area contributed by atoms with Crippen molar-refractivity contribution in [3.05, 3.63) is 29.8 Å². The van der Waals surface area contributed by atoms with Crippen molar-refractivity contribution >= 4 is 5.91 Å². The van der Waals surface area contributed by atoms with Gasteiger partial charge in [-0.2, -0.15) is 0 Å². The van der Waals surface area contributed by atoms with E-state index in [4.69, 9.17) is 10.5 Å². The molecule has 3 nitrogen and oxygen atoms in total. The van der Waals surface area contributed by atoms with Gasteiger partial charge >= 0.3 is 0 Å². The Hall–Kier alpha value is -1.51. The topological polar surface area (TPSA) is 52.3 Å². The summed E-state index contributed by atoms with van der Waals surface area (Å²) in [4.78, 5) is 10.6. The van der Waals surface area contributed by atoms with E-state index in [2.05, 4.69) is 13.8 Å². The average molecular weight is 207 g/mol. The van der Waals surface area contributed by atoms with Crippen molar-refractivity contribution in [1.29, 1.82) is 0 Å². The lowest BCUT2D eigenvalue weighted by Crippen LogP contribution is -2.20. The lowest BCUT2D eigenvalue weighted by molar-refractivity contribution is -0.119. The van der Waals surface area contributed by atoms with Crippen LogP contribution in [-0.4, -0.2) is 12.5 Å². The first-order chi connectivity index (χ1) is 7.15. The lowest BCUT2D eigenvalue weighted by atomic mass is 9.98. The summed E-state index contributed by atoms with van der Waals surface area (Å²) in [6.45, 7) is 4.19. The number of hydrogen-bond donors (Lipinski definition) is 1. The zero-order valence-corrected chi connectivity index (χ0v) is 9.19. The molecule has 0 saturated carbocycles. The number of amides is 1. The number of hydrogen-bond acceptors (Lipinski definition) is 2. The van der Waals surface area contributed by atoms with E-state index in [1.54, 1.807) is 0 Å². The van der Waals surface area contributed by atoms with Crippen LogP contribution in [-0.2, 0) is 4.79 Å². The summed E-state index contributed by atoms with van der Waals surface area (Å²) in [7, 11) is 0. The Morgan fingerprint density at radius 3 is 2.73 bits per heavy atom. The number of nitrogens with two attached hydrogens (primary N) is 1. The van der Waals surface area contributed by atoms with Crippen molar-refractivity contribution in [2.75, 3.05) is 6.61 Å². The van der Waals surface area contributed by atoms with E-state index in [0.29, 0.717) is 5.92 Å². The van der Waals surface area contributed by atoms with Crippen molar-refractivity contribution in [2.24, 2.45) is 5.73 Å². The number of ether oxygens (including phenoxy) is 1. The molecule has 2 N–H and O–H groups in total. The molecule has 1 aromatic rings. The fourth-order valence-corrected chi connectivity index (χ4v) is 1.39. The summed E-state index contributed by atoms with van der Waals surface area (Å²) < 4.78 is 5.35. The van der Waals surface area contributed by atoms with Crippen LogP contribution in [0.4, 0.5) is 0 Å². The van der Waals surface area contributed by atoms with E-state index in [0.717, 1.165) is 17.7 Å². The van der Waals surface area contributed by atoms with E-state index in [-0.39, 0.29) is 6.61 Å². The van der Waals surface area contributed by atoms with Crippen LogP contribution in [0, 0.1) is 0 Å². The third-order valence-corrected chi connectivity index (χ3v) is 2.43. The molecule has 1 rings (SSSR count). The second-order valence-corrected chi connectivity index (χ2v) is 3.60. The largest absolute Gasteiger partial charge is 0.483 e. The van der Waals surface area contributed by atoms with Gasteiger partial charge < -0.3 is 10.5 Å². The SMILES string of the molecule is CC[C@H](C)c1ccccc1OCC(N)=O. The normalized spacial score (nSPS) is 12.1. The highest BCUT2D eigenvalue weighted by atomic mass is 16.5. The third-order valence-electron chi connectivity index (χ3n) is 2.43. The average Bonchev–Trinajstić information content (AvgIpc) is 2.25. The summed E-state index contributed by atoms with van der Waals surface area (Å²) >= 11 is 0. The lowest BCUT2D eigenvalue weighted by Gasteiger charge is -2.14. The zero-order chi connectivity index (χ0) is 11.3. The highest BCUT2D eigenvalue weighted by Crippen LogP contribution is 2.28. The Labute approximate surface area is 90.2 Å². The second kappa shape index (κ2) is 5.39. The molecule has 0 aliphatic heterocycles. The molecular weight excluding hydrogens is 190 g/mol. The molecule has 0 fully saturated rings. The summed E-state index contributed by atoms with van der Waals surface area (Å²) in [5.74, 6) is 0.730. The number of primary amides is 1. The van der Waals surface area contributed by atoms with Crippen LogP contribution in [0.5, 0.6) is 5.75 Å². The van der Waals surface area contributed by atoms with E-state index in [9.17, 15) is 4.79 Å². The van der Waals surface area contributed by atoms with E-state index >= 15 is 0 Å². The van der Waals surface area contributed by atoms with Crippen LogP contribution in [0.25, 0.3) is 0 Å². The van der Waals surface area contributed by atoms with Gasteiger partial charge in [0.05, 0.1) is 0 Å². The van der Waals surface area contributed by atoms with Crippen LogP contribution >= 0.6 is 0 Å². The highest BCUT2D eigenvalue weighted by Gasteiger charge is 2.09. The molecule has 1 atom stereocenters. The van der Waals surface area contributed by atoms with Gasteiger partial charge in [0.15, 0.2) is 6.61 Å². The quantitative estimate of drug-likeness (QED) is 0.803. The van der Waals surface area contributed by atoms with Crippen LogP contribution in [0.1, 0.15) is 31.7 Å². The molecule has 0 radical (unpaired) electrons. The van der Waals surface area contributed by atoms with Gasteiger partial charge in [-0.05, 0) is 24.0 Å². The van der Waals surface area contributed by atoms with E-state index in [1.807, 2.05) is 24.3 Å². The second-order valence-electron chi connectivity index (χ2n) is 3.60. The minimum absolute atomic E-state index is 0.0621. The van der Waals surface area contributed by atoms with Crippen LogP contribution in [0.15, 0.2) is 24.3 Å². The van der Waals surface area contributed by atoms with Crippen LogP contribution in [0.2, 0.25) is 0 Å². The number of carbonyl (C=O) groups excluding carboxylic acids is 1. The van der Waals surface area contributed by atoms with Gasteiger partial charge in [0.25, 0.3) is 5.91 Å². The van der Waals surface area contributed by atoms with Crippen molar-refractivity contribution in [3.63, 3.8) is 0 Å². The fourth-order valence-electron chi connectivity index (χ4n) is 1.39. The minimum Gasteiger partial charge on any atom is -0.483 e. The standard InChI is InChI=1S/C12H17NO2/c1-3-9(2)10-6-4-5-7-11(10)15-8-12(13)14/h4-7,9H,3,8H2,1-2H3,(H2,13,14)/t9-/m0/s1. The molecule has 0 unspecified atom stereocenters. The van der Waals surface area contributed by atoms with Crippen LogP contribution in [0.3, 0.4) is 0 Å². The summed E-state index contributed by atoms with van der Waals surface area (Å²) in [6, 6.07) is 7.75. The predicted molar refractivity (Wildman–Crippen MR) is 59.8 cm³/mol. The molecule has 82 valence electrons. The molecule has 0 saturated heterocycles. The summed E-state index contributed by atoms with van der Waals surface area (Å²) in [6.07, 6.45) is 1.04. The highest BCUT2D eigenvalue weighted by molar-refractivity contribution is 5.75. The van der Waals surface area contributed by atoms with E-state index < -0.39 is 5.91 Å². The molecule has 15 heavy (non-hydrogen) atoms. The van der Waals surface area contributed by atoms with Crippen molar-refractivity contribution in [1.82, 2.24) is 0 Å². The van der Waals surface area contributed by atoms with Crippen molar-refractivity contribution in [2.45, 2.75) is 26.2 Å². The van der Waals surface area contributed by atoms with Crippen molar-refractivity contribution in [3.8, 4) is 5.75 Å². The maximum Gasteiger partial charge on any atom is 0.255 e. The maximum absolute atomic E-state index is 10.6. The van der Waals surface area contributed by atoms with E-state index in [1.165, 1.54) is 0 Å². The molecule has 0 spiro atoms. The predicted octanol–water partition coefficient (Wildman–Crippen LogP) is 2.06. The Kier molecular flexibility index (Phi) is 4.16. The molecule has 0 bridgehead atoms. The Morgan fingerprint density at radius 1 is 1.47 bits per heavy atom. The van der Waals surface area contributed by atoms with Gasteiger partial charge in [0.1, 0.15) is 5.75 Å². The number of rotatable bonds is 5. The third kappa shape index (κ3) is 3.27. The molecular formula is C12H17NO2. The monoisotopic (exact) mass is 207 g/mol. The van der Waals surface area contributed by atoms with Gasteiger partial charge in [-0.3, -0.25) is 4.79 Å². The first-order valence-corrected chi connectivity index (χ1v) is 5.15. The zero-order valence-electron chi connectivity index (χ0n) is 9.19. The molecule has 1 aromatic carbocycles. The van der Waals surface area contributed by atoms with Gasteiger partial charge in [0, 0.05) is 0 Å². The Bertz CT molecular complexity index is 336. The van der Waals surface area contributed by atoms with Crippen LogP contribution < -0.4 is 10.5 Å².